The molecule has 0 saturated heterocycles. The van der Waals surface area contributed by atoms with Crippen LogP contribution in [0, 0.1) is 0 Å². The Morgan fingerprint density at radius 2 is 1.59 bits per heavy atom. The van der Waals surface area contributed by atoms with Gasteiger partial charge in [-0.3, -0.25) is 19.2 Å². The van der Waals surface area contributed by atoms with E-state index in [0.29, 0.717) is 5.69 Å². The predicted molar refractivity (Wildman–Crippen MR) is 129 cm³/mol. The SMILES string of the molecule is CC(O)C(NC(=O)C(CC(N)=O)NC(=O)C(Cc1cnc[nH]1)NC(=O)C(N)Cc1ccccc1)C(=O)O. The highest BCUT2D eigenvalue weighted by Gasteiger charge is 2.33. The zero-order valence-corrected chi connectivity index (χ0v) is 20.1. The molecule has 0 aliphatic carbocycles. The monoisotopic (exact) mass is 517 g/mol. The third-order valence-electron chi connectivity index (χ3n) is 5.33. The number of aromatic nitrogens is 2. The lowest BCUT2D eigenvalue weighted by Crippen LogP contribution is -2.59. The van der Waals surface area contributed by atoms with Crippen molar-refractivity contribution in [2.75, 3.05) is 0 Å². The van der Waals surface area contributed by atoms with Gasteiger partial charge in [-0.15, -0.1) is 0 Å². The molecule has 0 fully saturated rings. The third-order valence-corrected chi connectivity index (χ3v) is 5.33. The van der Waals surface area contributed by atoms with Crippen LogP contribution in [-0.2, 0) is 36.8 Å². The highest BCUT2D eigenvalue weighted by atomic mass is 16.4. The summed E-state index contributed by atoms with van der Waals surface area (Å²) < 4.78 is 0. The maximum Gasteiger partial charge on any atom is 0.328 e. The molecular formula is C23H31N7O7. The number of hydrogen-bond donors (Lipinski definition) is 8. The number of nitrogens with two attached hydrogens (primary N) is 2. The summed E-state index contributed by atoms with van der Waals surface area (Å²) in [6, 6.07) is 3.49. The molecule has 0 saturated carbocycles. The number of aliphatic hydroxyl groups is 1. The molecule has 1 aromatic heterocycles. The minimum absolute atomic E-state index is 0.0635. The zero-order chi connectivity index (χ0) is 27.5. The summed E-state index contributed by atoms with van der Waals surface area (Å²) in [5, 5.41) is 25.8. The van der Waals surface area contributed by atoms with Crippen LogP contribution in [0.5, 0.6) is 0 Å². The van der Waals surface area contributed by atoms with E-state index < -0.39 is 66.3 Å². The lowest BCUT2D eigenvalue weighted by atomic mass is 10.0. The number of aliphatic carboxylic acids is 1. The zero-order valence-electron chi connectivity index (χ0n) is 20.1. The van der Waals surface area contributed by atoms with E-state index in [2.05, 4.69) is 25.9 Å². The van der Waals surface area contributed by atoms with E-state index in [0.717, 1.165) is 12.5 Å². The first-order valence-electron chi connectivity index (χ1n) is 11.3. The van der Waals surface area contributed by atoms with Crippen molar-refractivity contribution >= 4 is 29.6 Å². The first kappa shape index (κ1) is 28.9. The molecule has 10 N–H and O–H groups in total. The number of aromatic amines is 1. The summed E-state index contributed by atoms with van der Waals surface area (Å²) in [5.41, 5.74) is 12.5. The van der Waals surface area contributed by atoms with Crippen molar-refractivity contribution in [3.63, 3.8) is 0 Å². The van der Waals surface area contributed by atoms with Gasteiger partial charge in [0.2, 0.25) is 23.6 Å². The lowest BCUT2D eigenvalue weighted by molar-refractivity contribution is -0.145. The number of benzene rings is 1. The van der Waals surface area contributed by atoms with E-state index in [1.54, 1.807) is 24.3 Å². The number of carbonyl (C=O) groups excluding carboxylic acids is 4. The van der Waals surface area contributed by atoms with Gasteiger partial charge in [0.05, 0.1) is 24.9 Å². The molecule has 14 heteroatoms. The second-order valence-corrected chi connectivity index (χ2v) is 8.44. The van der Waals surface area contributed by atoms with Crippen LogP contribution in [0.3, 0.4) is 0 Å². The second-order valence-electron chi connectivity index (χ2n) is 8.44. The topological polar surface area (TPSA) is 243 Å². The van der Waals surface area contributed by atoms with Crippen LogP contribution in [0.4, 0.5) is 0 Å². The molecule has 2 aromatic rings. The van der Waals surface area contributed by atoms with Crippen molar-refractivity contribution in [1.82, 2.24) is 25.9 Å². The van der Waals surface area contributed by atoms with E-state index >= 15 is 0 Å². The number of carboxylic acids is 1. The molecule has 1 aromatic carbocycles. The van der Waals surface area contributed by atoms with Gasteiger partial charge in [-0.1, -0.05) is 30.3 Å². The Kier molecular flexibility index (Phi) is 10.7. The highest BCUT2D eigenvalue weighted by molar-refractivity contribution is 5.96. The number of H-pyrrole nitrogens is 1. The molecule has 0 radical (unpaired) electrons. The van der Waals surface area contributed by atoms with Crippen LogP contribution in [0.15, 0.2) is 42.9 Å². The van der Waals surface area contributed by atoms with E-state index in [9.17, 15) is 34.2 Å². The summed E-state index contributed by atoms with van der Waals surface area (Å²) in [6.07, 6.45) is 0.814. The average Bonchev–Trinajstić information content (AvgIpc) is 3.34. The fourth-order valence-corrected chi connectivity index (χ4v) is 3.39. The number of primary amides is 1. The molecule has 5 atom stereocenters. The fraction of sp³-hybridized carbons (Fsp3) is 0.391. The molecule has 5 unspecified atom stereocenters. The van der Waals surface area contributed by atoms with Gasteiger partial charge in [-0.25, -0.2) is 9.78 Å². The Balaban J connectivity index is 2.18. The summed E-state index contributed by atoms with van der Waals surface area (Å²) in [6.45, 7) is 1.15. The number of nitrogens with zero attached hydrogens (tertiary/aromatic N) is 1. The fourth-order valence-electron chi connectivity index (χ4n) is 3.39. The molecule has 14 nitrogen and oxygen atoms in total. The number of hydrogen-bond acceptors (Lipinski definition) is 8. The van der Waals surface area contributed by atoms with Gasteiger partial charge in [0.15, 0.2) is 6.04 Å². The van der Waals surface area contributed by atoms with Crippen LogP contribution in [0.25, 0.3) is 0 Å². The minimum atomic E-state index is -1.70. The molecule has 0 spiro atoms. The second kappa shape index (κ2) is 13.7. The summed E-state index contributed by atoms with van der Waals surface area (Å²) >= 11 is 0. The van der Waals surface area contributed by atoms with Crippen LogP contribution in [-0.4, -0.2) is 80.1 Å². The number of carbonyl (C=O) groups is 5. The highest BCUT2D eigenvalue weighted by Crippen LogP contribution is 2.05. The van der Waals surface area contributed by atoms with E-state index in [-0.39, 0.29) is 12.8 Å². The number of amides is 4. The summed E-state index contributed by atoms with van der Waals surface area (Å²) in [7, 11) is 0. The number of rotatable bonds is 14. The predicted octanol–water partition coefficient (Wildman–Crippen LogP) is -2.68. The first-order valence-corrected chi connectivity index (χ1v) is 11.3. The molecule has 4 amide bonds. The van der Waals surface area contributed by atoms with Gasteiger partial charge in [-0.05, 0) is 18.9 Å². The van der Waals surface area contributed by atoms with Crippen molar-refractivity contribution in [2.24, 2.45) is 11.5 Å². The van der Waals surface area contributed by atoms with Crippen molar-refractivity contribution in [1.29, 1.82) is 0 Å². The smallest absolute Gasteiger partial charge is 0.328 e. The van der Waals surface area contributed by atoms with E-state index in [1.165, 1.54) is 12.5 Å². The van der Waals surface area contributed by atoms with Crippen molar-refractivity contribution in [3.8, 4) is 0 Å². The molecule has 0 bridgehead atoms. The van der Waals surface area contributed by atoms with E-state index in [1.807, 2.05) is 6.07 Å². The Bertz CT molecular complexity index is 1080. The molecule has 0 aliphatic rings. The third kappa shape index (κ3) is 9.35. The normalized spacial score (nSPS) is 14.9. The Hall–Kier alpha value is -4.30. The van der Waals surface area contributed by atoms with Gasteiger partial charge >= 0.3 is 5.97 Å². The quantitative estimate of drug-likeness (QED) is 0.130. The first-order chi connectivity index (χ1) is 17.5. The molecule has 37 heavy (non-hydrogen) atoms. The van der Waals surface area contributed by atoms with Crippen molar-refractivity contribution in [2.45, 2.75) is 56.5 Å². The lowest BCUT2D eigenvalue weighted by Gasteiger charge is -2.25. The van der Waals surface area contributed by atoms with Gasteiger partial charge in [0, 0.05) is 18.3 Å². The van der Waals surface area contributed by atoms with Crippen molar-refractivity contribution in [3.05, 3.63) is 54.1 Å². The van der Waals surface area contributed by atoms with Gasteiger partial charge in [0.1, 0.15) is 12.1 Å². The van der Waals surface area contributed by atoms with Gasteiger partial charge in [0.25, 0.3) is 0 Å². The number of carboxylic acid groups (broad SMARTS) is 1. The van der Waals surface area contributed by atoms with Crippen LogP contribution < -0.4 is 27.4 Å². The molecule has 0 aliphatic heterocycles. The minimum Gasteiger partial charge on any atom is -0.480 e. The average molecular weight is 518 g/mol. The Labute approximate surface area is 212 Å². The maximum absolute atomic E-state index is 13.1. The number of nitrogens with one attached hydrogen (secondary N) is 4. The van der Waals surface area contributed by atoms with Crippen molar-refractivity contribution < 1.29 is 34.2 Å². The Morgan fingerprint density at radius 3 is 2.14 bits per heavy atom. The Morgan fingerprint density at radius 1 is 0.973 bits per heavy atom. The molecule has 1 heterocycles. The van der Waals surface area contributed by atoms with Crippen LogP contribution in [0.2, 0.25) is 0 Å². The molecule has 2 rings (SSSR count). The standard InChI is InChI=1S/C23H31N7O7/c1-12(31)19(23(36)37)30-22(35)17(9-18(25)32)29-21(34)16(8-14-10-26-11-27-14)28-20(33)15(24)7-13-5-3-2-4-6-13/h2-6,10-12,15-17,19,31H,7-9,24H2,1H3,(H2,25,32)(H,26,27)(H,28,33)(H,29,34)(H,30,35)(H,36,37). The van der Waals surface area contributed by atoms with Gasteiger partial charge < -0.3 is 42.6 Å². The maximum atomic E-state index is 13.1. The number of aliphatic hydroxyl groups excluding tert-OH is 1. The summed E-state index contributed by atoms with van der Waals surface area (Å²) in [5.74, 6) is -5.04. The molecular weight excluding hydrogens is 486 g/mol. The van der Waals surface area contributed by atoms with Crippen LogP contribution in [0.1, 0.15) is 24.6 Å². The van der Waals surface area contributed by atoms with E-state index in [4.69, 9.17) is 11.5 Å². The van der Waals surface area contributed by atoms with Crippen LogP contribution >= 0.6 is 0 Å². The largest absolute Gasteiger partial charge is 0.480 e. The molecule has 200 valence electrons. The summed E-state index contributed by atoms with van der Waals surface area (Å²) in [4.78, 5) is 68.1. The number of imidazole rings is 1. The van der Waals surface area contributed by atoms with Gasteiger partial charge in [-0.2, -0.15) is 0 Å².